The second kappa shape index (κ2) is 43.4. The van der Waals surface area contributed by atoms with Crippen molar-refractivity contribution in [3.63, 3.8) is 0 Å². The van der Waals surface area contributed by atoms with Crippen LogP contribution in [0, 0.1) is 23.7 Å². The molecular formula is C48H92ClN15O10. The Kier molecular flexibility index (Phi) is 41.1. The van der Waals surface area contributed by atoms with E-state index in [1.54, 1.807) is 35.1 Å². The molecule has 0 aromatic rings. The van der Waals surface area contributed by atoms with Gasteiger partial charge in [-0.1, -0.05) is 45.4 Å². The van der Waals surface area contributed by atoms with Gasteiger partial charge in [-0.3, -0.25) is 48.7 Å². The molecule has 26 heteroatoms. The maximum absolute atomic E-state index is 12.0. The number of hydrogen-bond donors (Lipinski definition) is 14. The molecule has 0 bridgehead atoms. The van der Waals surface area contributed by atoms with E-state index in [2.05, 4.69) is 51.9 Å². The molecule has 4 atom stereocenters. The summed E-state index contributed by atoms with van der Waals surface area (Å²) in [6.07, 6.45) is 17.2. The normalized spacial score (nSPS) is 16.8. The third-order valence-corrected chi connectivity index (χ3v) is 12.6. The Morgan fingerprint density at radius 3 is 1.09 bits per heavy atom. The van der Waals surface area contributed by atoms with E-state index in [1.807, 2.05) is 0 Å². The topological polar surface area (TPSA) is 432 Å². The number of hydrogen-bond acceptors (Lipinski definition) is 12. The minimum Gasteiger partial charge on any atom is -0.481 e. The number of rotatable bonds is 25. The van der Waals surface area contributed by atoms with Crippen LogP contribution in [-0.4, -0.2) is 152 Å². The molecule has 2 amide bonds. The summed E-state index contributed by atoms with van der Waals surface area (Å²) in [6.45, 7) is 5.65. The summed E-state index contributed by atoms with van der Waals surface area (Å²) in [5.74, 6) is -1.37. The van der Waals surface area contributed by atoms with Crippen molar-refractivity contribution in [2.75, 3.05) is 54.4 Å². The summed E-state index contributed by atoms with van der Waals surface area (Å²) >= 11 is 5.25. The average Bonchev–Trinajstić information content (AvgIpc) is 4.22. The van der Waals surface area contributed by atoms with Crippen LogP contribution in [0.15, 0.2) is 20.0 Å². The van der Waals surface area contributed by atoms with Gasteiger partial charge in [0.2, 0.25) is 17.1 Å². The van der Waals surface area contributed by atoms with Gasteiger partial charge in [0.25, 0.3) is 0 Å². The highest BCUT2D eigenvalue weighted by Gasteiger charge is 2.28. The fourth-order valence-electron chi connectivity index (χ4n) is 7.51. The average molecular weight is 1070 g/mol. The molecule has 3 aliphatic carbocycles. The Morgan fingerprint density at radius 2 is 0.811 bits per heavy atom. The zero-order valence-electron chi connectivity index (χ0n) is 44.8. The first-order chi connectivity index (χ1) is 35.0. The first-order valence-corrected chi connectivity index (χ1v) is 26.0. The number of guanidine groups is 4. The summed E-state index contributed by atoms with van der Waals surface area (Å²) in [4.78, 5) is 92.7. The maximum Gasteiger partial charge on any atom is 0.326 e. The molecule has 0 aromatic carbocycles. The zero-order chi connectivity index (χ0) is 56.4. The molecule has 0 heterocycles. The fourth-order valence-corrected chi connectivity index (χ4v) is 7.73. The number of nitrogens with one attached hydrogen (secondary N) is 6. The van der Waals surface area contributed by atoms with Gasteiger partial charge >= 0.3 is 17.9 Å². The van der Waals surface area contributed by atoms with E-state index in [1.165, 1.54) is 19.8 Å². The van der Waals surface area contributed by atoms with E-state index < -0.39 is 30.0 Å². The Hall–Kier alpha value is -5.98. The van der Waals surface area contributed by atoms with E-state index in [-0.39, 0.29) is 52.6 Å². The van der Waals surface area contributed by atoms with Crippen molar-refractivity contribution >= 4 is 76.2 Å². The molecule has 3 saturated carbocycles. The number of nitrogens with two attached hydrogens (primary N) is 5. The van der Waals surface area contributed by atoms with Gasteiger partial charge in [0.15, 0.2) is 29.6 Å². The van der Waals surface area contributed by atoms with Gasteiger partial charge in [-0.2, -0.15) is 0 Å². The molecule has 3 aliphatic rings. The second-order valence-corrected chi connectivity index (χ2v) is 18.6. The minimum atomic E-state index is -0.992. The van der Waals surface area contributed by atoms with Gasteiger partial charge < -0.3 is 75.9 Å². The molecular weight excluding hydrogens is 982 g/mol. The Labute approximate surface area is 442 Å². The number of ketones is 1. The Bertz CT molecular complexity index is 1660. The van der Waals surface area contributed by atoms with Crippen LogP contribution in [0.25, 0.3) is 0 Å². The largest absolute Gasteiger partial charge is 0.481 e. The van der Waals surface area contributed by atoms with Crippen LogP contribution in [0.5, 0.6) is 0 Å². The number of Topliss-reactive ketones (excluding diaryl/α,β-unsaturated/α-hetero) is 1. The number of carboxylic acid groups (broad SMARTS) is 3. The van der Waals surface area contributed by atoms with Gasteiger partial charge in [0.1, 0.15) is 12.1 Å². The number of aliphatic imine (C=N–C) groups is 4. The summed E-state index contributed by atoms with van der Waals surface area (Å²) in [5, 5.41) is 43.0. The molecule has 0 aromatic heterocycles. The monoisotopic (exact) mass is 1070 g/mol. The molecule has 3 rings (SSSR count). The van der Waals surface area contributed by atoms with Crippen molar-refractivity contribution < 1.29 is 48.9 Å². The van der Waals surface area contributed by atoms with E-state index in [0.29, 0.717) is 88.5 Å². The first-order valence-electron chi connectivity index (χ1n) is 25.6. The number of carboxylic acids is 3. The highest BCUT2D eigenvalue weighted by atomic mass is 35.5. The lowest BCUT2D eigenvalue weighted by atomic mass is 10.0. The summed E-state index contributed by atoms with van der Waals surface area (Å²) < 4.78 is 0. The molecule has 19 N–H and O–H groups in total. The van der Waals surface area contributed by atoms with Gasteiger partial charge in [0, 0.05) is 72.1 Å². The highest BCUT2D eigenvalue weighted by molar-refractivity contribution is 6.64. The third kappa shape index (κ3) is 36.9. The smallest absolute Gasteiger partial charge is 0.326 e. The number of carbonyl (C=O) groups excluding carboxylic acids is 4. The van der Waals surface area contributed by atoms with Crippen LogP contribution >= 0.6 is 11.6 Å². The van der Waals surface area contributed by atoms with Crippen LogP contribution in [0.1, 0.15) is 142 Å². The number of carbonyl (C=O) groups is 7. The highest BCUT2D eigenvalue weighted by Crippen LogP contribution is 2.27. The number of nitrogens with zero attached hydrogens (tertiary/aromatic N) is 4. The van der Waals surface area contributed by atoms with Crippen molar-refractivity contribution in [3.8, 4) is 0 Å². The summed E-state index contributed by atoms with van der Waals surface area (Å²) in [6, 6.07) is -2.00. The van der Waals surface area contributed by atoms with Crippen LogP contribution in [0.2, 0.25) is 0 Å². The maximum atomic E-state index is 12.0. The number of halogens is 1. The SMILES string of the molecule is CN=C(N)NCCC[C@H](C)C(=O)O.CN=C(N)NCCC[C@H](N)C(=O)O.CN=C(N)NCCC[C@H](NC(=O)C1CCCC1)C(=O)O.CN=C(N)NCCC[C@H](NC(=O)C1CCCC1)C(C)=O.O=C(Cl)C1CCCC1. The van der Waals surface area contributed by atoms with E-state index in [9.17, 15) is 33.6 Å². The summed E-state index contributed by atoms with van der Waals surface area (Å²) in [7, 11) is 6.36. The van der Waals surface area contributed by atoms with Crippen molar-refractivity contribution in [1.82, 2.24) is 31.9 Å². The molecule has 0 unspecified atom stereocenters. The van der Waals surface area contributed by atoms with Crippen LogP contribution in [0.3, 0.4) is 0 Å². The van der Waals surface area contributed by atoms with Crippen LogP contribution in [0.4, 0.5) is 0 Å². The van der Waals surface area contributed by atoms with Gasteiger partial charge in [-0.25, -0.2) is 4.79 Å². The quantitative estimate of drug-likeness (QED) is 0.0265. The third-order valence-electron chi connectivity index (χ3n) is 12.3. The standard InChI is InChI=1S/C14H26N4O2.C13H24N4O3.C8H17N3O2.C7H16N4O2.C6H9ClO/c1-10(19)12(8-5-9-17-14(15)16-2)18-13(20)11-6-3-4-7-11;1-15-13(14)16-8-4-7-10(12(19)20)17-11(18)9-5-2-3-6-9;1-6(7(12)13)4-3-5-11-8(9)10-2;1-10-7(9)11-4-2-3-5(8)6(12)13;7-6(8)5-3-1-2-4-5/h11-12H,3-9H2,1-2H3,(H,18,20)(H3,15,16,17);9-10H,2-8H2,1H3,(H,17,18)(H,19,20)(H3,14,15,16);6H,3-5H2,1-2H3,(H,12,13)(H3,9,10,11);5H,2-4,8H2,1H3,(H,12,13)(H3,9,10,11);5H,1-4H2/t12-;10-;6-;5-;/m0000./s1. The van der Waals surface area contributed by atoms with Gasteiger partial charge in [0.05, 0.1) is 12.0 Å². The molecule has 3 fully saturated rings. The molecule has 0 saturated heterocycles. The van der Waals surface area contributed by atoms with E-state index in [4.69, 9.17) is 55.6 Å². The predicted molar refractivity (Wildman–Crippen MR) is 290 cm³/mol. The van der Waals surface area contributed by atoms with Crippen molar-refractivity contribution in [3.05, 3.63) is 0 Å². The van der Waals surface area contributed by atoms with Crippen molar-refractivity contribution in [2.24, 2.45) is 72.3 Å². The lowest BCUT2D eigenvalue weighted by Crippen LogP contribution is -2.43. The molecule has 25 nitrogen and oxygen atoms in total. The number of aliphatic carboxylic acids is 3. The predicted octanol–water partition coefficient (Wildman–Crippen LogP) is 1.30. The first kappa shape index (κ1) is 70.1. The zero-order valence-corrected chi connectivity index (χ0v) is 45.5. The minimum absolute atomic E-state index is 0.00785. The van der Waals surface area contributed by atoms with Crippen LogP contribution < -0.4 is 60.6 Å². The molecule has 74 heavy (non-hydrogen) atoms. The molecule has 426 valence electrons. The van der Waals surface area contributed by atoms with Gasteiger partial charge in [-0.05, 0) is 108 Å². The van der Waals surface area contributed by atoms with E-state index >= 15 is 0 Å². The fraction of sp³-hybridized carbons (Fsp3) is 0.771. The molecule has 0 radical (unpaired) electrons. The van der Waals surface area contributed by atoms with Crippen molar-refractivity contribution in [1.29, 1.82) is 0 Å². The van der Waals surface area contributed by atoms with Crippen molar-refractivity contribution in [2.45, 2.75) is 160 Å². The Morgan fingerprint density at radius 1 is 0.500 bits per heavy atom. The Balaban J connectivity index is 0. The number of amides is 2. The summed E-state index contributed by atoms with van der Waals surface area (Å²) in [5.41, 5.74) is 27.0. The van der Waals surface area contributed by atoms with Gasteiger partial charge in [-0.15, -0.1) is 0 Å². The molecule has 0 spiro atoms. The van der Waals surface area contributed by atoms with E-state index in [0.717, 1.165) is 77.0 Å². The second-order valence-electron chi connectivity index (χ2n) is 18.2. The van der Waals surface area contributed by atoms with Crippen LogP contribution in [-0.2, 0) is 33.6 Å². The lowest BCUT2D eigenvalue weighted by molar-refractivity contribution is -0.142. The molecule has 0 aliphatic heterocycles. The lowest BCUT2D eigenvalue weighted by Gasteiger charge is -2.18.